The first-order valence-corrected chi connectivity index (χ1v) is 1.71. The largest absolute Gasteiger partial charge is 0.0625 e. The topological polar surface area (TPSA) is 0 Å². The first-order valence-electron chi connectivity index (χ1n) is 2.21. The number of hydrogen-bond acceptors (Lipinski definition) is 0. The summed E-state index contributed by atoms with van der Waals surface area (Å²) < 4.78 is 7.05. The Bertz CT molecular complexity index is 41.6. The molecule has 0 aromatic carbocycles. The SMILES string of the molecule is [2H]C1(C)CC1. The summed E-state index contributed by atoms with van der Waals surface area (Å²) >= 11 is 0. The molecule has 0 N–H and O–H groups in total. The monoisotopic (exact) mass is 57.1 g/mol. The molecule has 0 radical (unpaired) electrons. The molecule has 0 heteroatoms. The summed E-state index contributed by atoms with van der Waals surface area (Å²) in [5.74, 6) is 0. The van der Waals surface area contributed by atoms with Gasteiger partial charge < -0.3 is 0 Å². The minimum atomic E-state index is 0. The molecule has 0 heterocycles. The van der Waals surface area contributed by atoms with Crippen molar-refractivity contribution >= 4 is 0 Å². The van der Waals surface area contributed by atoms with Gasteiger partial charge in [-0.2, -0.15) is 0 Å². The van der Waals surface area contributed by atoms with Crippen LogP contribution in [0.5, 0.6) is 0 Å². The van der Waals surface area contributed by atoms with E-state index in [-0.39, 0.29) is 5.89 Å². The van der Waals surface area contributed by atoms with Crippen LogP contribution in [0.2, 0.25) is 0 Å². The molecule has 0 bridgehead atoms. The Kier molecular flexibility index (Phi) is 0.173. The van der Waals surface area contributed by atoms with E-state index in [1.165, 1.54) is 0 Å². The van der Waals surface area contributed by atoms with Crippen LogP contribution in [0, 0.1) is 5.89 Å². The van der Waals surface area contributed by atoms with E-state index in [4.69, 9.17) is 1.37 Å². The van der Waals surface area contributed by atoms with Crippen molar-refractivity contribution in [3.05, 3.63) is 0 Å². The Morgan fingerprint density at radius 2 is 2.25 bits per heavy atom. The lowest BCUT2D eigenvalue weighted by Crippen LogP contribution is -1.42. The van der Waals surface area contributed by atoms with E-state index in [2.05, 4.69) is 0 Å². The van der Waals surface area contributed by atoms with Crippen LogP contribution in [0.1, 0.15) is 21.1 Å². The van der Waals surface area contributed by atoms with Crippen LogP contribution in [0.3, 0.4) is 0 Å². The van der Waals surface area contributed by atoms with Gasteiger partial charge in [0.2, 0.25) is 0 Å². The molecule has 0 atom stereocenters. The zero-order chi connectivity index (χ0) is 3.91. The van der Waals surface area contributed by atoms with Crippen LogP contribution in [0.25, 0.3) is 0 Å². The molecular formula is C4H8. The van der Waals surface area contributed by atoms with E-state index in [9.17, 15) is 0 Å². The molecule has 0 unspecified atom stereocenters. The maximum absolute atomic E-state index is 7.05. The summed E-state index contributed by atoms with van der Waals surface area (Å²) in [5.41, 5.74) is 0. The van der Waals surface area contributed by atoms with Gasteiger partial charge in [-0.05, 0) is 5.89 Å². The molecule has 1 aliphatic rings. The summed E-state index contributed by atoms with van der Waals surface area (Å²) in [7, 11) is 0. The lowest BCUT2D eigenvalue weighted by Gasteiger charge is -1.53. The van der Waals surface area contributed by atoms with Crippen LogP contribution in [0.15, 0.2) is 0 Å². The van der Waals surface area contributed by atoms with Crippen molar-refractivity contribution in [3.63, 3.8) is 0 Å². The quantitative estimate of drug-likeness (QED) is 0.394. The molecule has 24 valence electrons. The average molecular weight is 57.1 g/mol. The second-order valence-electron chi connectivity index (χ2n) is 1.46. The second-order valence-corrected chi connectivity index (χ2v) is 1.46. The van der Waals surface area contributed by atoms with Gasteiger partial charge in [-0.15, -0.1) is 0 Å². The van der Waals surface area contributed by atoms with Gasteiger partial charge in [0.15, 0.2) is 0 Å². The molecule has 0 aliphatic heterocycles. The minimum absolute atomic E-state index is 0. The second kappa shape index (κ2) is 0.480. The molecule has 0 amide bonds. The van der Waals surface area contributed by atoms with E-state index in [1.54, 1.807) is 0 Å². The normalized spacial score (nSPS) is 37.8. The van der Waals surface area contributed by atoms with Crippen LogP contribution in [0.4, 0.5) is 0 Å². The lowest BCUT2D eigenvalue weighted by atomic mass is 10.5. The highest BCUT2D eigenvalue weighted by atomic mass is 14.2. The third kappa shape index (κ3) is 0.222. The molecule has 4 heavy (non-hydrogen) atoms. The molecule has 0 aromatic rings. The van der Waals surface area contributed by atoms with Gasteiger partial charge >= 0.3 is 0 Å². The van der Waals surface area contributed by atoms with Gasteiger partial charge in [-0.1, -0.05) is 19.8 Å². The van der Waals surface area contributed by atoms with E-state index >= 15 is 0 Å². The average Bonchev–Trinajstić information content (AvgIpc) is 1.76. The highest BCUT2D eigenvalue weighted by Crippen LogP contribution is 2.26. The molecule has 1 fully saturated rings. The van der Waals surface area contributed by atoms with Crippen LogP contribution < -0.4 is 0 Å². The van der Waals surface area contributed by atoms with E-state index in [0.29, 0.717) is 0 Å². The molecule has 1 aliphatic carbocycles. The van der Waals surface area contributed by atoms with Crippen molar-refractivity contribution in [2.75, 3.05) is 0 Å². The molecule has 0 spiro atoms. The molecule has 0 saturated heterocycles. The summed E-state index contributed by atoms with van der Waals surface area (Å²) in [4.78, 5) is 0. The van der Waals surface area contributed by atoms with E-state index in [0.717, 1.165) is 12.8 Å². The van der Waals surface area contributed by atoms with Crippen LogP contribution >= 0.6 is 0 Å². The Morgan fingerprint density at radius 3 is 2.25 bits per heavy atom. The summed E-state index contributed by atoms with van der Waals surface area (Å²) in [6.45, 7) is 1.97. The van der Waals surface area contributed by atoms with Gasteiger partial charge in [0.25, 0.3) is 0 Å². The summed E-state index contributed by atoms with van der Waals surface area (Å²) in [5, 5.41) is 0. The predicted octanol–water partition coefficient (Wildman–Crippen LogP) is 1.42. The van der Waals surface area contributed by atoms with Crippen molar-refractivity contribution in [1.82, 2.24) is 0 Å². The van der Waals surface area contributed by atoms with Gasteiger partial charge in [-0.3, -0.25) is 0 Å². The third-order valence-corrected chi connectivity index (χ3v) is 0.750. The van der Waals surface area contributed by atoms with Crippen molar-refractivity contribution in [3.8, 4) is 0 Å². The first kappa shape index (κ1) is 1.44. The van der Waals surface area contributed by atoms with Crippen LogP contribution in [-0.4, -0.2) is 0 Å². The smallest absolute Gasteiger partial charge is 0.0300 e. The minimum Gasteiger partial charge on any atom is -0.0625 e. The number of rotatable bonds is 0. The fourth-order valence-electron chi connectivity index (χ4n) is 0.125. The molecule has 1 rings (SSSR count). The molecule has 0 nitrogen and oxygen atoms in total. The van der Waals surface area contributed by atoms with Gasteiger partial charge in [0, 0.05) is 1.37 Å². The Morgan fingerprint density at radius 1 is 2.00 bits per heavy atom. The highest BCUT2D eigenvalue weighted by molar-refractivity contribution is 4.65. The van der Waals surface area contributed by atoms with Crippen molar-refractivity contribution in [2.24, 2.45) is 5.89 Å². The fraction of sp³-hybridized carbons (Fsp3) is 1.00. The lowest BCUT2D eigenvalue weighted by molar-refractivity contribution is 0.983. The van der Waals surface area contributed by atoms with Crippen molar-refractivity contribution in [1.29, 1.82) is 0 Å². The highest BCUT2D eigenvalue weighted by Gasteiger charge is 2.12. The fourth-order valence-corrected chi connectivity index (χ4v) is 0.125. The first-order chi connectivity index (χ1) is 2.21. The maximum Gasteiger partial charge on any atom is 0.0300 e. The van der Waals surface area contributed by atoms with Gasteiger partial charge in [0.05, 0.1) is 0 Å². The van der Waals surface area contributed by atoms with Crippen LogP contribution in [-0.2, 0) is 0 Å². The van der Waals surface area contributed by atoms with Crippen molar-refractivity contribution < 1.29 is 1.37 Å². The van der Waals surface area contributed by atoms with E-state index < -0.39 is 0 Å². The predicted molar refractivity (Wildman–Crippen MR) is 18.4 cm³/mol. The molecular weight excluding hydrogens is 48.0 g/mol. The number of hydrogen-bond donors (Lipinski definition) is 0. The standard InChI is InChI=1S/C4H8/c1-4-2-3-4/h4H,2-3H2,1H3/i4D. The Balaban J connectivity index is 2.38. The maximum atomic E-state index is 7.05. The zero-order valence-electron chi connectivity index (χ0n) is 3.91. The molecule has 1 saturated carbocycles. The summed E-state index contributed by atoms with van der Waals surface area (Å²) in [6.07, 6.45) is 2.24. The third-order valence-electron chi connectivity index (χ3n) is 0.750. The van der Waals surface area contributed by atoms with Gasteiger partial charge in [-0.25, -0.2) is 0 Å². The van der Waals surface area contributed by atoms with Gasteiger partial charge in [0.1, 0.15) is 0 Å². The van der Waals surface area contributed by atoms with Crippen molar-refractivity contribution in [2.45, 2.75) is 19.8 Å². The molecule has 0 aromatic heterocycles. The zero-order valence-corrected chi connectivity index (χ0v) is 2.91. The van der Waals surface area contributed by atoms with E-state index in [1.807, 2.05) is 6.92 Å². The summed E-state index contributed by atoms with van der Waals surface area (Å²) in [6, 6.07) is 0. The Labute approximate surface area is 28.2 Å². The Hall–Kier alpha value is 0.